The Balaban J connectivity index is 1.86. The first-order chi connectivity index (χ1) is 15.9. The summed E-state index contributed by atoms with van der Waals surface area (Å²) in [6, 6.07) is 9.39. The van der Waals surface area contributed by atoms with Crippen LogP contribution in [0, 0.1) is 0 Å². The maximum atomic E-state index is 12.9. The van der Waals surface area contributed by atoms with Crippen molar-refractivity contribution in [3.8, 4) is 11.5 Å². The van der Waals surface area contributed by atoms with Crippen molar-refractivity contribution in [2.24, 2.45) is 0 Å². The van der Waals surface area contributed by atoms with E-state index in [0.717, 1.165) is 30.5 Å². The lowest BCUT2D eigenvalue weighted by atomic mass is 10.1. The van der Waals surface area contributed by atoms with E-state index in [-0.39, 0.29) is 5.56 Å². The van der Waals surface area contributed by atoms with E-state index in [9.17, 15) is 4.79 Å². The van der Waals surface area contributed by atoms with Gasteiger partial charge in [0.2, 0.25) is 0 Å². The first-order valence-corrected chi connectivity index (χ1v) is 11.2. The lowest BCUT2D eigenvalue weighted by molar-refractivity contribution is 0.355. The first-order valence-electron chi connectivity index (χ1n) is 10.8. The molecule has 33 heavy (non-hydrogen) atoms. The van der Waals surface area contributed by atoms with E-state index in [0.29, 0.717) is 40.8 Å². The van der Waals surface area contributed by atoms with Gasteiger partial charge in [0.05, 0.1) is 26.3 Å². The fraction of sp³-hybridized carbons (Fsp3) is 0.375. The Morgan fingerprint density at radius 3 is 2.58 bits per heavy atom. The van der Waals surface area contributed by atoms with Crippen molar-refractivity contribution >= 4 is 28.2 Å². The third kappa shape index (κ3) is 6.66. The molecule has 1 aromatic carbocycles. The zero-order valence-electron chi connectivity index (χ0n) is 19.6. The molecule has 0 unspecified atom stereocenters. The Hall–Kier alpha value is -3.17. The molecule has 0 atom stereocenters. The highest BCUT2D eigenvalue weighted by Crippen LogP contribution is 2.31. The summed E-state index contributed by atoms with van der Waals surface area (Å²) >= 11 is 5.70. The number of nitrogens with one attached hydrogen (secondary N) is 2. The Kier molecular flexibility index (Phi) is 8.62. The summed E-state index contributed by atoms with van der Waals surface area (Å²) in [5.74, 6) is 1.17. The molecule has 0 saturated carbocycles. The minimum atomic E-state index is -0.165. The van der Waals surface area contributed by atoms with Gasteiger partial charge in [-0.1, -0.05) is 6.07 Å². The summed E-state index contributed by atoms with van der Waals surface area (Å²) in [4.78, 5) is 24.2. The number of benzene rings is 1. The van der Waals surface area contributed by atoms with Crippen molar-refractivity contribution in [1.29, 1.82) is 0 Å². The highest BCUT2D eigenvalue weighted by Gasteiger charge is 2.15. The normalized spacial score (nSPS) is 10.9. The zero-order valence-corrected chi connectivity index (χ0v) is 20.4. The van der Waals surface area contributed by atoms with E-state index in [4.69, 9.17) is 21.7 Å². The van der Waals surface area contributed by atoms with Gasteiger partial charge in [-0.2, -0.15) is 0 Å². The van der Waals surface area contributed by atoms with Crippen molar-refractivity contribution in [3.63, 3.8) is 0 Å². The third-order valence-corrected chi connectivity index (χ3v) is 5.63. The van der Waals surface area contributed by atoms with Crippen molar-refractivity contribution < 1.29 is 9.47 Å². The summed E-state index contributed by atoms with van der Waals surface area (Å²) in [6.45, 7) is 2.62. The summed E-state index contributed by atoms with van der Waals surface area (Å²) in [7, 11) is 7.25. The maximum absolute atomic E-state index is 12.9. The molecule has 3 rings (SSSR count). The molecule has 8 nitrogen and oxygen atoms in total. The molecule has 9 heteroatoms. The van der Waals surface area contributed by atoms with Crippen LogP contribution in [-0.4, -0.2) is 66.3 Å². The number of aromatic nitrogens is 2. The van der Waals surface area contributed by atoms with Gasteiger partial charge in [0.1, 0.15) is 0 Å². The number of ether oxygens (including phenoxy) is 2. The van der Waals surface area contributed by atoms with Gasteiger partial charge in [0.25, 0.3) is 5.56 Å². The number of methoxy groups -OCH3 is 2. The second-order valence-corrected chi connectivity index (χ2v) is 8.41. The number of H-pyrrole nitrogens is 1. The molecule has 2 heterocycles. The van der Waals surface area contributed by atoms with Gasteiger partial charge >= 0.3 is 0 Å². The van der Waals surface area contributed by atoms with E-state index in [1.165, 1.54) is 0 Å². The minimum Gasteiger partial charge on any atom is -0.493 e. The van der Waals surface area contributed by atoms with Gasteiger partial charge in [-0.3, -0.25) is 9.78 Å². The summed E-state index contributed by atoms with van der Waals surface area (Å²) in [5, 5.41) is 4.79. The van der Waals surface area contributed by atoms with Gasteiger partial charge in [0.15, 0.2) is 16.6 Å². The molecule has 0 bridgehead atoms. The standard InChI is InChI=1S/C24H31N5O3S/c1-28(2)10-6-9-26-24(33)29(15-17-7-5-8-25-14-17)16-19-11-18-12-21(31-3)22(32-4)13-20(18)27-23(19)30/h5,7-8,11-14H,6,9-10,15-16H2,1-4H3,(H,26,33)(H,27,30). The van der Waals surface area contributed by atoms with Crippen LogP contribution in [0.5, 0.6) is 11.5 Å². The molecule has 0 aliphatic rings. The van der Waals surface area contributed by atoms with Gasteiger partial charge in [0, 0.05) is 42.5 Å². The predicted octanol–water partition coefficient (Wildman–Crippen LogP) is 2.77. The van der Waals surface area contributed by atoms with Crippen LogP contribution in [0.1, 0.15) is 17.5 Å². The second-order valence-electron chi connectivity index (χ2n) is 8.02. The Bertz CT molecular complexity index is 1130. The summed E-state index contributed by atoms with van der Waals surface area (Å²) < 4.78 is 10.8. The topological polar surface area (TPSA) is 82.7 Å². The van der Waals surface area contributed by atoms with Crippen LogP contribution in [0.25, 0.3) is 10.9 Å². The molecular formula is C24H31N5O3S. The molecule has 3 aromatic rings. The van der Waals surface area contributed by atoms with Crippen LogP contribution in [0.3, 0.4) is 0 Å². The molecule has 0 aliphatic carbocycles. The molecule has 176 valence electrons. The number of rotatable bonds is 10. The number of thiocarbonyl (C=S) groups is 1. The van der Waals surface area contributed by atoms with Gasteiger partial charge in [-0.15, -0.1) is 0 Å². The minimum absolute atomic E-state index is 0.165. The average molecular weight is 470 g/mol. The Labute approximate surface area is 199 Å². The average Bonchev–Trinajstić information content (AvgIpc) is 2.81. The van der Waals surface area contributed by atoms with Gasteiger partial charge in [-0.05, 0) is 63.0 Å². The predicted molar refractivity (Wildman–Crippen MR) is 135 cm³/mol. The van der Waals surface area contributed by atoms with E-state index < -0.39 is 0 Å². The fourth-order valence-corrected chi connectivity index (χ4v) is 3.75. The summed E-state index contributed by atoms with van der Waals surface area (Å²) in [6.07, 6.45) is 4.51. The Morgan fingerprint density at radius 2 is 1.91 bits per heavy atom. The van der Waals surface area contributed by atoms with E-state index >= 15 is 0 Å². The van der Waals surface area contributed by atoms with Crippen molar-refractivity contribution in [3.05, 3.63) is 64.2 Å². The summed E-state index contributed by atoms with van der Waals surface area (Å²) in [5.41, 5.74) is 2.14. The molecule has 2 N–H and O–H groups in total. The first kappa shape index (κ1) is 24.5. The molecular weight excluding hydrogens is 438 g/mol. The van der Waals surface area contributed by atoms with Gasteiger partial charge < -0.3 is 29.6 Å². The lowest BCUT2D eigenvalue weighted by Gasteiger charge is -2.26. The van der Waals surface area contributed by atoms with E-state index in [2.05, 4.69) is 20.2 Å². The lowest BCUT2D eigenvalue weighted by Crippen LogP contribution is -2.40. The van der Waals surface area contributed by atoms with Crippen molar-refractivity contribution in [2.45, 2.75) is 19.5 Å². The number of fused-ring (bicyclic) bond motifs is 1. The number of aromatic amines is 1. The molecule has 0 aliphatic heterocycles. The quantitative estimate of drug-likeness (QED) is 0.347. The second kappa shape index (κ2) is 11.6. The molecule has 0 amide bonds. The number of nitrogens with zero attached hydrogens (tertiary/aromatic N) is 3. The fourth-order valence-electron chi connectivity index (χ4n) is 3.52. The monoisotopic (exact) mass is 469 g/mol. The van der Waals surface area contributed by atoms with Crippen molar-refractivity contribution in [2.75, 3.05) is 41.4 Å². The molecule has 0 radical (unpaired) electrons. The Morgan fingerprint density at radius 1 is 1.15 bits per heavy atom. The third-order valence-electron chi connectivity index (χ3n) is 5.23. The number of hydrogen-bond donors (Lipinski definition) is 2. The smallest absolute Gasteiger partial charge is 0.253 e. The van der Waals surface area contributed by atoms with E-state index in [1.54, 1.807) is 26.5 Å². The van der Waals surface area contributed by atoms with Crippen LogP contribution < -0.4 is 20.3 Å². The highest BCUT2D eigenvalue weighted by atomic mass is 32.1. The van der Waals surface area contributed by atoms with Crippen molar-refractivity contribution in [1.82, 2.24) is 25.1 Å². The van der Waals surface area contributed by atoms with Gasteiger partial charge in [-0.25, -0.2) is 0 Å². The SMILES string of the molecule is COc1cc2cc(CN(Cc3cccnc3)C(=S)NCCCN(C)C)c(=O)[nH]c2cc1OC. The molecule has 0 spiro atoms. The number of pyridine rings is 2. The number of hydrogen-bond acceptors (Lipinski definition) is 6. The zero-order chi connectivity index (χ0) is 23.8. The molecule has 0 saturated heterocycles. The van der Waals surface area contributed by atoms with Crippen LogP contribution in [-0.2, 0) is 13.1 Å². The van der Waals surface area contributed by atoms with Crippen LogP contribution >= 0.6 is 12.2 Å². The van der Waals surface area contributed by atoms with Crippen LogP contribution in [0.15, 0.2) is 47.5 Å². The highest BCUT2D eigenvalue weighted by molar-refractivity contribution is 7.80. The largest absolute Gasteiger partial charge is 0.493 e. The van der Waals surface area contributed by atoms with Crippen LogP contribution in [0.2, 0.25) is 0 Å². The van der Waals surface area contributed by atoms with E-state index in [1.807, 2.05) is 49.5 Å². The van der Waals surface area contributed by atoms with Crippen LogP contribution in [0.4, 0.5) is 0 Å². The molecule has 0 fully saturated rings. The molecule has 2 aromatic heterocycles. The maximum Gasteiger partial charge on any atom is 0.253 e.